The quantitative estimate of drug-likeness (QED) is 0.567. The Morgan fingerprint density at radius 1 is 1.57 bits per heavy atom. The third-order valence-corrected chi connectivity index (χ3v) is 2.77. The summed E-state index contributed by atoms with van der Waals surface area (Å²) in [6.45, 7) is 1.38. The highest BCUT2D eigenvalue weighted by molar-refractivity contribution is 5.74. The minimum Gasteiger partial charge on any atom is -0.480 e. The van der Waals surface area contributed by atoms with Crippen LogP contribution in [0.3, 0.4) is 0 Å². The Morgan fingerprint density at radius 3 is 2.57 bits per heavy atom. The van der Waals surface area contributed by atoms with Crippen molar-refractivity contribution in [1.82, 2.24) is 5.32 Å². The first kappa shape index (κ1) is 11.4. The fourth-order valence-corrected chi connectivity index (χ4v) is 1.85. The van der Waals surface area contributed by atoms with Gasteiger partial charge in [0.15, 0.2) is 0 Å². The molecule has 0 spiro atoms. The van der Waals surface area contributed by atoms with Gasteiger partial charge in [-0.25, -0.2) is 0 Å². The maximum Gasteiger partial charge on any atom is 0.322 e. The van der Waals surface area contributed by atoms with Gasteiger partial charge >= 0.3 is 5.97 Å². The summed E-state index contributed by atoms with van der Waals surface area (Å²) >= 11 is 0. The molecule has 0 aromatic carbocycles. The van der Waals surface area contributed by atoms with Crippen molar-refractivity contribution in [3.05, 3.63) is 0 Å². The van der Waals surface area contributed by atoms with E-state index in [4.69, 9.17) is 15.6 Å². The Hall–Kier alpha value is -0.650. The van der Waals surface area contributed by atoms with E-state index in [0.717, 1.165) is 12.8 Å². The number of carbonyl (C=O) groups is 1. The van der Waals surface area contributed by atoms with Gasteiger partial charge < -0.3 is 20.9 Å². The summed E-state index contributed by atoms with van der Waals surface area (Å²) in [6, 6.07) is -0.987. The van der Waals surface area contributed by atoms with Gasteiger partial charge in [-0.1, -0.05) is 0 Å². The molecule has 82 valence electrons. The number of ether oxygens (including phenoxy) is 1. The van der Waals surface area contributed by atoms with Crippen LogP contribution in [0.25, 0.3) is 0 Å². The lowest BCUT2D eigenvalue weighted by Crippen LogP contribution is -2.53. The fourth-order valence-electron chi connectivity index (χ4n) is 1.85. The molecular weight excluding hydrogens is 184 g/mol. The lowest BCUT2D eigenvalue weighted by molar-refractivity contribution is -0.140. The van der Waals surface area contributed by atoms with Gasteiger partial charge in [-0.05, 0) is 25.8 Å². The average molecular weight is 202 g/mol. The minimum atomic E-state index is -0.883. The van der Waals surface area contributed by atoms with Gasteiger partial charge in [0.25, 0.3) is 0 Å². The van der Waals surface area contributed by atoms with Crippen molar-refractivity contribution >= 4 is 5.97 Å². The van der Waals surface area contributed by atoms with E-state index in [-0.39, 0.29) is 12.0 Å². The van der Waals surface area contributed by atoms with Gasteiger partial charge in [0.1, 0.15) is 6.04 Å². The van der Waals surface area contributed by atoms with E-state index in [1.807, 2.05) is 0 Å². The summed E-state index contributed by atoms with van der Waals surface area (Å²) in [5.41, 5.74) is 5.91. The van der Waals surface area contributed by atoms with Gasteiger partial charge in [0.2, 0.25) is 0 Å². The van der Waals surface area contributed by atoms with Crippen molar-refractivity contribution in [2.75, 3.05) is 20.3 Å². The number of hydrogen-bond acceptors (Lipinski definition) is 4. The Balaban J connectivity index is 2.51. The van der Waals surface area contributed by atoms with Crippen molar-refractivity contribution in [3.63, 3.8) is 0 Å². The molecule has 5 heteroatoms. The van der Waals surface area contributed by atoms with Gasteiger partial charge in [-0.15, -0.1) is 0 Å². The molecule has 1 heterocycles. The van der Waals surface area contributed by atoms with Crippen LogP contribution in [0.1, 0.15) is 12.8 Å². The van der Waals surface area contributed by atoms with Crippen LogP contribution < -0.4 is 11.1 Å². The third-order valence-electron chi connectivity index (χ3n) is 2.77. The monoisotopic (exact) mass is 202 g/mol. The Kier molecular flexibility index (Phi) is 4.31. The molecule has 1 aliphatic rings. The van der Waals surface area contributed by atoms with Gasteiger partial charge in [-0.3, -0.25) is 4.79 Å². The van der Waals surface area contributed by atoms with Crippen LogP contribution >= 0.6 is 0 Å². The normalized spacial score (nSPS) is 23.0. The zero-order chi connectivity index (χ0) is 10.6. The summed E-state index contributed by atoms with van der Waals surface area (Å²) < 4.78 is 5.20. The van der Waals surface area contributed by atoms with E-state index in [1.54, 1.807) is 7.05 Å². The standard InChI is InChI=1S/C9H18N2O3/c1-11-8(9(12)13)7(10)6-2-4-14-5-3-6/h6-8,11H,2-5,10H2,1H3,(H,12,13). The van der Waals surface area contributed by atoms with Crippen LogP contribution in [-0.4, -0.2) is 43.4 Å². The van der Waals surface area contributed by atoms with E-state index >= 15 is 0 Å². The zero-order valence-corrected chi connectivity index (χ0v) is 8.40. The number of hydrogen-bond donors (Lipinski definition) is 3. The van der Waals surface area contributed by atoms with Crippen molar-refractivity contribution < 1.29 is 14.6 Å². The minimum absolute atomic E-state index is 0.247. The van der Waals surface area contributed by atoms with E-state index < -0.39 is 12.0 Å². The summed E-state index contributed by atoms with van der Waals surface area (Å²) in [7, 11) is 1.62. The number of carboxylic acid groups (broad SMARTS) is 1. The van der Waals surface area contributed by atoms with Crippen LogP contribution in [0.4, 0.5) is 0 Å². The Bertz CT molecular complexity index is 192. The molecule has 1 rings (SSSR count). The topological polar surface area (TPSA) is 84.6 Å². The largest absolute Gasteiger partial charge is 0.480 e. The molecule has 4 N–H and O–H groups in total. The summed E-state index contributed by atoms with van der Waals surface area (Å²) in [5, 5.41) is 11.6. The molecular formula is C9H18N2O3. The van der Waals surface area contributed by atoms with Gasteiger partial charge in [-0.2, -0.15) is 0 Å². The second-order valence-electron chi connectivity index (χ2n) is 3.63. The highest BCUT2D eigenvalue weighted by Crippen LogP contribution is 2.19. The Morgan fingerprint density at radius 2 is 2.14 bits per heavy atom. The molecule has 0 aromatic rings. The smallest absolute Gasteiger partial charge is 0.322 e. The lowest BCUT2D eigenvalue weighted by Gasteiger charge is -2.30. The van der Waals surface area contributed by atoms with Crippen molar-refractivity contribution in [1.29, 1.82) is 0 Å². The molecule has 0 saturated carbocycles. The molecule has 2 unspecified atom stereocenters. The van der Waals surface area contributed by atoms with E-state index in [2.05, 4.69) is 5.32 Å². The van der Waals surface area contributed by atoms with E-state index in [0.29, 0.717) is 13.2 Å². The molecule has 0 bridgehead atoms. The zero-order valence-electron chi connectivity index (χ0n) is 8.40. The first-order valence-electron chi connectivity index (χ1n) is 4.90. The maximum atomic E-state index is 10.8. The van der Waals surface area contributed by atoms with Crippen LogP contribution in [0, 0.1) is 5.92 Å². The molecule has 1 fully saturated rings. The first-order valence-corrected chi connectivity index (χ1v) is 4.90. The molecule has 0 aromatic heterocycles. The summed E-state index contributed by atoms with van der Waals surface area (Å²) in [6.07, 6.45) is 1.71. The van der Waals surface area contributed by atoms with Crippen molar-refractivity contribution in [2.24, 2.45) is 11.7 Å². The molecule has 2 atom stereocenters. The molecule has 5 nitrogen and oxygen atoms in total. The molecule has 0 amide bonds. The summed E-state index contributed by atoms with van der Waals surface area (Å²) in [5.74, 6) is -0.635. The summed E-state index contributed by atoms with van der Waals surface area (Å²) in [4.78, 5) is 10.8. The van der Waals surface area contributed by atoms with Gasteiger partial charge in [0.05, 0.1) is 0 Å². The van der Waals surface area contributed by atoms with Crippen LogP contribution in [0.2, 0.25) is 0 Å². The lowest BCUT2D eigenvalue weighted by atomic mass is 9.88. The van der Waals surface area contributed by atoms with Crippen LogP contribution in [0.5, 0.6) is 0 Å². The maximum absolute atomic E-state index is 10.8. The van der Waals surface area contributed by atoms with E-state index in [1.165, 1.54) is 0 Å². The molecule has 0 aliphatic carbocycles. The number of carboxylic acids is 1. The highest BCUT2D eigenvalue weighted by atomic mass is 16.5. The molecule has 1 saturated heterocycles. The first-order chi connectivity index (χ1) is 6.66. The number of rotatable bonds is 4. The van der Waals surface area contributed by atoms with Crippen LogP contribution in [-0.2, 0) is 9.53 Å². The Labute approximate surface area is 83.6 Å². The molecule has 14 heavy (non-hydrogen) atoms. The number of nitrogens with two attached hydrogens (primary N) is 1. The third kappa shape index (κ3) is 2.67. The van der Waals surface area contributed by atoms with E-state index in [9.17, 15) is 4.79 Å². The fraction of sp³-hybridized carbons (Fsp3) is 0.889. The molecule has 1 aliphatic heterocycles. The SMILES string of the molecule is CNC(C(=O)O)C(N)C1CCOCC1. The number of likely N-dealkylation sites (N-methyl/N-ethyl adjacent to an activating group) is 1. The number of nitrogens with one attached hydrogen (secondary N) is 1. The predicted molar refractivity (Wildman–Crippen MR) is 52.0 cm³/mol. The molecule has 0 radical (unpaired) electrons. The predicted octanol–water partition coefficient (Wildman–Crippen LogP) is -0.587. The second-order valence-corrected chi connectivity index (χ2v) is 3.63. The second kappa shape index (κ2) is 5.29. The average Bonchev–Trinajstić information content (AvgIpc) is 2.19. The van der Waals surface area contributed by atoms with Crippen molar-refractivity contribution in [2.45, 2.75) is 24.9 Å². The van der Waals surface area contributed by atoms with Gasteiger partial charge in [0, 0.05) is 19.3 Å². The number of aliphatic carboxylic acids is 1. The van der Waals surface area contributed by atoms with Crippen molar-refractivity contribution in [3.8, 4) is 0 Å². The highest BCUT2D eigenvalue weighted by Gasteiger charge is 2.31. The van der Waals surface area contributed by atoms with Crippen LogP contribution in [0.15, 0.2) is 0 Å².